The first kappa shape index (κ1) is 16.2. The van der Waals surface area contributed by atoms with Crippen LogP contribution in [0, 0.1) is 6.92 Å². The quantitative estimate of drug-likeness (QED) is 0.713. The molecule has 120 valence electrons. The fourth-order valence-electron chi connectivity index (χ4n) is 2.33. The Labute approximate surface area is 145 Å². The van der Waals surface area contributed by atoms with Crippen LogP contribution in [0.1, 0.15) is 20.1 Å². The van der Waals surface area contributed by atoms with Crippen LogP contribution in [0.25, 0.3) is 10.2 Å². The number of hydrogen-bond acceptors (Lipinski definition) is 5. The Morgan fingerprint density at radius 1 is 1.39 bits per heavy atom. The number of aryl methyl sites for hydroxylation is 2. The number of carbonyl (C=O) groups excluding carboxylic acids is 1. The monoisotopic (exact) mass is 367 g/mol. The molecule has 0 atom stereocenters. The molecule has 1 amide bonds. The van der Waals surface area contributed by atoms with Crippen molar-refractivity contribution in [3.63, 3.8) is 0 Å². The molecule has 3 heterocycles. The molecule has 23 heavy (non-hydrogen) atoms. The zero-order valence-corrected chi connectivity index (χ0v) is 15.2. The number of amides is 1. The SMILES string of the molecule is Cc1c(C(=O)N(C)Cc2ccc(Cl)s2)sc2ncn(C)c(=O)c12. The molecule has 0 aliphatic rings. The van der Waals surface area contributed by atoms with Gasteiger partial charge in [0.05, 0.1) is 27.5 Å². The van der Waals surface area contributed by atoms with E-state index in [0.717, 1.165) is 4.88 Å². The minimum atomic E-state index is -0.129. The van der Waals surface area contributed by atoms with Gasteiger partial charge in [-0.1, -0.05) is 11.6 Å². The zero-order valence-electron chi connectivity index (χ0n) is 12.8. The van der Waals surface area contributed by atoms with Crippen molar-refractivity contribution in [1.29, 1.82) is 0 Å². The van der Waals surface area contributed by atoms with Crippen molar-refractivity contribution in [3.8, 4) is 0 Å². The van der Waals surface area contributed by atoms with E-state index in [2.05, 4.69) is 4.98 Å². The van der Waals surface area contributed by atoms with Crippen LogP contribution in [-0.4, -0.2) is 27.4 Å². The summed E-state index contributed by atoms with van der Waals surface area (Å²) in [5.41, 5.74) is 0.565. The molecule has 8 heteroatoms. The van der Waals surface area contributed by atoms with Crippen LogP contribution in [0.15, 0.2) is 23.3 Å². The lowest BCUT2D eigenvalue weighted by atomic mass is 10.2. The van der Waals surface area contributed by atoms with Crippen molar-refractivity contribution in [2.24, 2.45) is 7.05 Å². The highest BCUT2D eigenvalue weighted by Crippen LogP contribution is 2.29. The fourth-order valence-corrected chi connectivity index (χ4v) is 4.60. The summed E-state index contributed by atoms with van der Waals surface area (Å²) in [4.78, 5) is 33.0. The first-order chi connectivity index (χ1) is 10.9. The van der Waals surface area contributed by atoms with Crippen molar-refractivity contribution in [2.75, 3.05) is 7.05 Å². The summed E-state index contributed by atoms with van der Waals surface area (Å²) in [6, 6.07) is 3.73. The summed E-state index contributed by atoms with van der Waals surface area (Å²) in [7, 11) is 3.39. The normalized spacial score (nSPS) is 11.1. The number of rotatable bonds is 3. The topological polar surface area (TPSA) is 55.2 Å². The van der Waals surface area contributed by atoms with Crippen LogP contribution in [0.5, 0.6) is 0 Å². The molecule has 3 aromatic heterocycles. The van der Waals surface area contributed by atoms with Gasteiger partial charge in [-0.3, -0.25) is 9.59 Å². The average Bonchev–Trinajstić information content (AvgIpc) is 3.06. The Hall–Kier alpha value is -1.70. The van der Waals surface area contributed by atoms with Gasteiger partial charge in [-0.2, -0.15) is 0 Å². The number of carbonyl (C=O) groups is 1. The smallest absolute Gasteiger partial charge is 0.264 e. The summed E-state index contributed by atoms with van der Waals surface area (Å²) in [5.74, 6) is -0.114. The molecule has 0 aliphatic heterocycles. The van der Waals surface area contributed by atoms with E-state index in [0.29, 0.717) is 31.5 Å². The second kappa shape index (κ2) is 6.07. The minimum absolute atomic E-state index is 0.114. The summed E-state index contributed by atoms with van der Waals surface area (Å²) in [6.07, 6.45) is 1.48. The number of nitrogens with zero attached hydrogens (tertiary/aromatic N) is 3. The molecule has 0 spiro atoms. The molecule has 5 nitrogen and oxygen atoms in total. The van der Waals surface area contributed by atoms with Gasteiger partial charge in [-0.15, -0.1) is 22.7 Å². The third kappa shape index (κ3) is 2.91. The second-order valence-corrected chi connectivity index (χ2v) is 8.06. The van der Waals surface area contributed by atoms with E-state index in [1.165, 1.54) is 33.6 Å². The van der Waals surface area contributed by atoms with Crippen molar-refractivity contribution in [2.45, 2.75) is 13.5 Å². The van der Waals surface area contributed by atoms with E-state index in [1.54, 1.807) is 25.9 Å². The van der Waals surface area contributed by atoms with Crippen LogP contribution in [0.4, 0.5) is 0 Å². The molecule has 0 radical (unpaired) electrons. The lowest BCUT2D eigenvalue weighted by Gasteiger charge is -2.15. The summed E-state index contributed by atoms with van der Waals surface area (Å²) >= 11 is 8.64. The molecule has 3 aromatic rings. The van der Waals surface area contributed by atoms with Gasteiger partial charge in [-0.05, 0) is 24.6 Å². The van der Waals surface area contributed by atoms with Gasteiger partial charge < -0.3 is 9.47 Å². The van der Waals surface area contributed by atoms with Gasteiger partial charge in [0.1, 0.15) is 4.83 Å². The van der Waals surface area contributed by atoms with Gasteiger partial charge in [0, 0.05) is 19.0 Å². The van der Waals surface area contributed by atoms with Crippen LogP contribution < -0.4 is 5.56 Å². The van der Waals surface area contributed by atoms with E-state index in [4.69, 9.17) is 11.6 Å². The van der Waals surface area contributed by atoms with E-state index in [9.17, 15) is 9.59 Å². The standard InChI is InChI=1S/C15H14ClN3O2S2/c1-8-11-13(17-7-19(3)14(11)20)23-12(8)15(21)18(2)6-9-4-5-10(16)22-9/h4-5,7H,6H2,1-3H3. The molecule has 0 aromatic carbocycles. The fraction of sp³-hybridized carbons (Fsp3) is 0.267. The van der Waals surface area contributed by atoms with E-state index in [-0.39, 0.29) is 11.5 Å². The summed E-state index contributed by atoms with van der Waals surface area (Å²) < 4.78 is 2.12. The van der Waals surface area contributed by atoms with Gasteiger partial charge >= 0.3 is 0 Å². The lowest BCUT2D eigenvalue weighted by molar-refractivity contribution is 0.0790. The minimum Gasteiger partial charge on any atom is -0.336 e. The Morgan fingerprint density at radius 2 is 2.13 bits per heavy atom. The zero-order chi connectivity index (χ0) is 16.7. The molecule has 0 fully saturated rings. The molecule has 0 N–H and O–H groups in total. The van der Waals surface area contributed by atoms with Crippen molar-refractivity contribution in [1.82, 2.24) is 14.5 Å². The maximum absolute atomic E-state index is 12.7. The summed E-state index contributed by atoms with van der Waals surface area (Å²) in [5, 5.41) is 0.524. The van der Waals surface area contributed by atoms with Crippen LogP contribution >= 0.6 is 34.3 Å². The molecular weight excluding hydrogens is 354 g/mol. The Bertz CT molecular complexity index is 957. The van der Waals surface area contributed by atoms with Crippen molar-refractivity contribution >= 4 is 50.4 Å². The maximum Gasteiger partial charge on any atom is 0.264 e. The van der Waals surface area contributed by atoms with E-state index in [1.807, 2.05) is 12.1 Å². The number of fused-ring (bicyclic) bond motifs is 1. The predicted octanol–water partition coefficient (Wildman–Crippen LogP) is 3.29. The summed E-state index contributed by atoms with van der Waals surface area (Å²) in [6.45, 7) is 2.28. The van der Waals surface area contributed by atoms with Crippen molar-refractivity contribution < 1.29 is 4.79 Å². The van der Waals surface area contributed by atoms with Gasteiger partial charge in [0.2, 0.25) is 0 Å². The predicted molar refractivity (Wildman–Crippen MR) is 94.7 cm³/mol. The number of aromatic nitrogens is 2. The Kier molecular flexibility index (Phi) is 4.27. The molecular formula is C15H14ClN3O2S2. The second-order valence-electron chi connectivity index (χ2n) is 5.26. The molecule has 0 unspecified atom stereocenters. The largest absolute Gasteiger partial charge is 0.336 e. The third-order valence-electron chi connectivity index (χ3n) is 3.57. The lowest BCUT2D eigenvalue weighted by Crippen LogP contribution is -2.25. The Morgan fingerprint density at radius 3 is 2.78 bits per heavy atom. The molecule has 0 aliphatic carbocycles. The molecule has 3 rings (SSSR count). The van der Waals surface area contributed by atoms with Crippen LogP contribution in [-0.2, 0) is 13.6 Å². The maximum atomic E-state index is 12.7. The number of hydrogen-bond donors (Lipinski definition) is 0. The highest BCUT2D eigenvalue weighted by atomic mass is 35.5. The first-order valence-corrected chi connectivity index (χ1v) is 8.84. The molecule has 0 bridgehead atoms. The number of halogens is 1. The first-order valence-electron chi connectivity index (χ1n) is 6.83. The van der Waals surface area contributed by atoms with Crippen LogP contribution in [0.2, 0.25) is 4.34 Å². The van der Waals surface area contributed by atoms with Gasteiger partial charge in [0.15, 0.2) is 0 Å². The van der Waals surface area contributed by atoms with E-state index >= 15 is 0 Å². The highest BCUT2D eigenvalue weighted by molar-refractivity contribution is 7.20. The highest BCUT2D eigenvalue weighted by Gasteiger charge is 2.22. The molecule has 0 saturated heterocycles. The van der Waals surface area contributed by atoms with Crippen LogP contribution in [0.3, 0.4) is 0 Å². The Balaban J connectivity index is 1.96. The third-order valence-corrected chi connectivity index (χ3v) is 5.98. The van der Waals surface area contributed by atoms with Gasteiger partial charge in [-0.25, -0.2) is 4.98 Å². The van der Waals surface area contributed by atoms with Crippen molar-refractivity contribution in [3.05, 3.63) is 48.5 Å². The average molecular weight is 368 g/mol. The number of thiophene rings is 2. The van der Waals surface area contributed by atoms with E-state index < -0.39 is 0 Å². The van der Waals surface area contributed by atoms with Gasteiger partial charge in [0.25, 0.3) is 11.5 Å². The molecule has 0 saturated carbocycles.